The van der Waals surface area contributed by atoms with Crippen molar-refractivity contribution in [3.05, 3.63) is 58.7 Å². The first kappa shape index (κ1) is 16.8. The van der Waals surface area contributed by atoms with Crippen LogP contribution in [0.25, 0.3) is 0 Å². The van der Waals surface area contributed by atoms with Gasteiger partial charge < -0.3 is 0 Å². The fourth-order valence-electron chi connectivity index (χ4n) is 7.48. The third-order valence-electron chi connectivity index (χ3n) is 8.52. The molecule has 5 rings (SSSR count). The Bertz CT molecular complexity index is 1040. The molecule has 4 atom stereocenters. The molecule has 0 N–H and O–H groups in total. The largest absolute Gasteiger partial charge is 0.197 e. The lowest BCUT2D eigenvalue weighted by Gasteiger charge is -2.72. The predicted molar refractivity (Wildman–Crippen MR) is 106 cm³/mol. The summed E-state index contributed by atoms with van der Waals surface area (Å²) in [5.41, 5.74) is 3.01. The summed E-state index contributed by atoms with van der Waals surface area (Å²) in [6.45, 7) is 11.3. The molecule has 0 unspecified atom stereocenters. The molecule has 2 heteroatoms. The third-order valence-corrected chi connectivity index (χ3v) is 8.52. The monoisotopic (exact) mass is 354 g/mol. The molecule has 0 aromatic heterocycles. The lowest BCUT2D eigenvalue weighted by molar-refractivity contribution is -0.0709. The van der Waals surface area contributed by atoms with Gasteiger partial charge in [-0.15, -0.1) is 0 Å². The Morgan fingerprint density at radius 2 is 1.63 bits per heavy atom. The molecule has 2 nitrogen and oxygen atoms in total. The molecule has 1 fully saturated rings. The fraction of sp³-hybridized carbons (Fsp3) is 0.520. The molecule has 4 aliphatic rings. The number of allylic oxidation sites excluding steroid dienone is 4. The van der Waals surface area contributed by atoms with Crippen LogP contribution in [0.1, 0.15) is 58.6 Å². The maximum atomic E-state index is 10.7. The van der Waals surface area contributed by atoms with E-state index in [0.29, 0.717) is 5.92 Å². The Balaban J connectivity index is 2.04. The Morgan fingerprint density at radius 1 is 0.963 bits per heavy atom. The highest BCUT2D eigenvalue weighted by atomic mass is 14.8. The highest BCUT2D eigenvalue weighted by Crippen LogP contribution is 2.82. The SMILES string of the molecule is C[C@@H]1C=C[C@@]23C4=C1CC(C)(C)[C@@]4(C#N)c1ccccc1[C@]2(C#N)CC3(C)C. The number of nitriles is 2. The smallest absolute Gasteiger partial charge is 0.110 e. The maximum Gasteiger partial charge on any atom is 0.110 e. The molecule has 1 aromatic rings. The predicted octanol–water partition coefficient (Wildman–Crippen LogP) is 5.57. The topological polar surface area (TPSA) is 47.6 Å². The molecule has 136 valence electrons. The van der Waals surface area contributed by atoms with Crippen molar-refractivity contribution in [3.8, 4) is 12.1 Å². The lowest BCUT2D eigenvalue weighted by atomic mass is 9.28. The van der Waals surface area contributed by atoms with E-state index in [4.69, 9.17) is 0 Å². The van der Waals surface area contributed by atoms with Gasteiger partial charge in [0.1, 0.15) is 5.41 Å². The lowest BCUT2D eigenvalue weighted by Crippen LogP contribution is -2.71. The first-order valence-corrected chi connectivity index (χ1v) is 10.0. The fourth-order valence-corrected chi connectivity index (χ4v) is 7.48. The number of hydrogen-bond acceptors (Lipinski definition) is 2. The van der Waals surface area contributed by atoms with Gasteiger partial charge in [-0.25, -0.2) is 0 Å². The minimum Gasteiger partial charge on any atom is -0.197 e. The van der Waals surface area contributed by atoms with Crippen molar-refractivity contribution in [2.45, 2.75) is 58.3 Å². The number of fused-ring (bicyclic) bond motifs is 3. The molecule has 1 spiro atoms. The van der Waals surface area contributed by atoms with Crippen molar-refractivity contribution in [3.63, 3.8) is 0 Å². The highest BCUT2D eigenvalue weighted by molar-refractivity contribution is 5.72. The zero-order valence-electron chi connectivity index (χ0n) is 16.9. The van der Waals surface area contributed by atoms with E-state index in [1.54, 1.807) is 0 Å². The van der Waals surface area contributed by atoms with Gasteiger partial charge in [-0.3, -0.25) is 0 Å². The molecule has 27 heavy (non-hydrogen) atoms. The van der Waals surface area contributed by atoms with Gasteiger partial charge in [0.25, 0.3) is 0 Å². The minimum absolute atomic E-state index is 0.0456. The van der Waals surface area contributed by atoms with E-state index in [1.807, 2.05) is 12.1 Å². The van der Waals surface area contributed by atoms with E-state index >= 15 is 0 Å². The maximum absolute atomic E-state index is 10.7. The second-order valence-electron chi connectivity index (χ2n) is 10.4. The molecule has 0 radical (unpaired) electrons. The third kappa shape index (κ3) is 1.35. The molecule has 4 aliphatic carbocycles. The van der Waals surface area contributed by atoms with Crippen LogP contribution in [-0.4, -0.2) is 0 Å². The number of benzene rings is 1. The number of nitrogens with zero attached hydrogens (tertiary/aromatic N) is 2. The minimum atomic E-state index is -0.657. The zero-order chi connectivity index (χ0) is 19.5. The van der Waals surface area contributed by atoms with Crippen LogP contribution in [0.3, 0.4) is 0 Å². The van der Waals surface area contributed by atoms with Gasteiger partial charge in [-0.05, 0) is 46.3 Å². The van der Waals surface area contributed by atoms with Crippen LogP contribution in [0, 0.1) is 44.8 Å². The van der Waals surface area contributed by atoms with Crippen LogP contribution in [0.2, 0.25) is 0 Å². The van der Waals surface area contributed by atoms with Crippen molar-refractivity contribution >= 4 is 0 Å². The van der Waals surface area contributed by atoms with Gasteiger partial charge in [0, 0.05) is 5.41 Å². The molecule has 0 bridgehead atoms. The number of rotatable bonds is 0. The average molecular weight is 354 g/mol. The van der Waals surface area contributed by atoms with Gasteiger partial charge in [0.15, 0.2) is 0 Å². The van der Waals surface area contributed by atoms with Crippen molar-refractivity contribution in [1.29, 1.82) is 10.5 Å². The van der Waals surface area contributed by atoms with Gasteiger partial charge in [-0.1, -0.05) is 76.6 Å². The van der Waals surface area contributed by atoms with Gasteiger partial charge in [0.05, 0.1) is 17.6 Å². The summed E-state index contributed by atoms with van der Waals surface area (Å²) >= 11 is 0. The average Bonchev–Trinajstić information content (AvgIpc) is 2.88. The molecular formula is C25H26N2. The van der Waals surface area contributed by atoms with Crippen LogP contribution < -0.4 is 0 Å². The normalized spacial score (nSPS) is 41.5. The second-order valence-corrected chi connectivity index (χ2v) is 10.4. The summed E-state index contributed by atoms with van der Waals surface area (Å²) in [4.78, 5) is 0. The first-order chi connectivity index (χ1) is 12.7. The van der Waals surface area contributed by atoms with Crippen molar-refractivity contribution in [2.24, 2.45) is 22.2 Å². The number of hydrogen-bond donors (Lipinski definition) is 0. The van der Waals surface area contributed by atoms with E-state index in [-0.39, 0.29) is 16.2 Å². The quantitative estimate of drug-likeness (QED) is 0.572. The Kier molecular flexibility index (Phi) is 2.74. The molecule has 0 saturated heterocycles. The molecule has 0 amide bonds. The van der Waals surface area contributed by atoms with Gasteiger partial charge in [-0.2, -0.15) is 10.5 Å². The second kappa shape index (κ2) is 4.39. The Morgan fingerprint density at radius 3 is 2.22 bits per heavy atom. The van der Waals surface area contributed by atoms with Crippen molar-refractivity contribution < 1.29 is 0 Å². The molecular weight excluding hydrogens is 328 g/mol. The van der Waals surface area contributed by atoms with Crippen LogP contribution in [-0.2, 0) is 10.8 Å². The highest BCUT2D eigenvalue weighted by Gasteiger charge is 2.80. The van der Waals surface area contributed by atoms with E-state index in [1.165, 1.54) is 11.1 Å². The first-order valence-electron chi connectivity index (χ1n) is 10.0. The van der Waals surface area contributed by atoms with E-state index in [2.05, 4.69) is 71.0 Å². The van der Waals surface area contributed by atoms with E-state index < -0.39 is 10.8 Å². The summed E-state index contributed by atoms with van der Waals surface area (Å²) < 4.78 is 0. The molecule has 0 heterocycles. The van der Waals surface area contributed by atoms with E-state index in [0.717, 1.165) is 24.0 Å². The summed E-state index contributed by atoms with van der Waals surface area (Å²) in [5, 5.41) is 21.3. The standard InChI is InChI=1S/C25H26N2/c1-16-10-11-25-20-17(16)12-21(2,3)24(20,15-27)19-9-7-6-8-18(19)23(25,14-26)13-22(25,4)5/h6-11,16H,12-13H2,1-5H3/t16-,23-,24+,25+/m1/s1. The molecule has 1 saturated carbocycles. The summed E-state index contributed by atoms with van der Waals surface area (Å²) in [6.07, 6.45) is 6.40. The zero-order valence-corrected chi connectivity index (χ0v) is 16.9. The molecule has 1 aromatic carbocycles. The van der Waals surface area contributed by atoms with Crippen LogP contribution >= 0.6 is 0 Å². The van der Waals surface area contributed by atoms with Crippen molar-refractivity contribution in [1.82, 2.24) is 0 Å². The Hall–Kier alpha value is -2.32. The molecule has 0 aliphatic heterocycles. The van der Waals surface area contributed by atoms with Crippen molar-refractivity contribution in [2.75, 3.05) is 0 Å². The summed E-state index contributed by atoms with van der Waals surface area (Å²) in [5.74, 6) is 0.332. The summed E-state index contributed by atoms with van der Waals surface area (Å²) in [6, 6.07) is 13.9. The van der Waals surface area contributed by atoms with Crippen LogP contribution in [0.4, 0.5) is 0 Å². The Labute approximate surface area is 162 Å². The van der Waals surface area contributed by atoms with Crippen LogP contribution in [0.15, 0.2) is 47.6 Å². The van der Waals surface area contributed by atoms with Gasteiger partial charge in [0.2, 0.25) is 0 Å². The van der Waals surface area contributed by atoms with Crippen LogP contribution in [0.5, 0.6) is 0 Å². The summed E-state index contributed by atoms with van der Waals surface area (Å²) in [7, 11) is 0. The van der Waals surface area contributed by atoms with Gasteiger partial charge >= 0.3 is 0 Å². The van der Waals surface area contributed by atoms with E-state index in [9.17, 15) is 10.5 Å².